The van der Waals surface area contributed by atoms with Gasteiger partial charge < -0.3 is 59.3 Å². The molecule has 15 atom stereocenters. The minimum Gasteiger partial charge on any atom is -0.485 e. The maximum Gasteiger partial charge on any atom is 0.306 e. The number of fused-ring (bicyclic) bond motifs is 16. The maximum absolute atomic E-state index is 13.6. The van der Waals surface area contributed by atoms with E-state index in [-0.39, 0.29) is 78.3 Å². The number of hydrogen-bond donors (Lipinski definition) is 7. The fourth-order valence-electron chi connectivity index (χ4n) is 14.1. The van der Waals surface area contributed by atoms with Crippen molar-refractivity contribution in [2.45, 2.75) is 150 Å². The Labute approximate surface area is 403 Å². The number of benzene rings is 1. The number of aryl methyl sites for hydroxylation is 1. The number of nitrogens with one attached hydrogen (secondary N) is 1. The highest BCUT2D eigenvalue weighted by Gasteiger charge is 2.78. The van der Waals surface area contributed by atoms with Gasteiger partial charge in [-0.1, -0.05) is 75.1 Å². The van der Waals surface area contributed by atoms with Crippen LogP contribution in [0.15, 0.2) is 35.0 Å². The lowest BCUT2D eigenvalue weighted by molar-refractivity contribution is -0.424. The number of aliphatic hydroxyl groups excluding tert-OH is 4. The molecule has 8 aliphatic rings. The number of furan rings is 1. The number of carbonyl (C=O) groups is 1. The van der Waals surface area contributed by atoms with E-state index in [4.69, 9.17) is 23.4 Å². The van der Waals surface area contributed by atoms with Crippen LogP contribution in [-0.4, -0.2) is 132 Å². The molecule has 0 radical (unpaired) electrons. The third kappa shape index (κ3) is 7.99. The highest BCUT2D eigenvalue weighted by Crippen LogP contribution is 2.67. The van der Waals surface area contributed by atoms with Gasteiger partial charge in [0.15, 0.2) is 16.9 Å². The summed E-state index contributed by atoms with van der Waals surface area (Å²) >= 11 is 0. The molecule has 13 nitrogen and oxygen atoms in total. The maximum atomic E-state index is 13.6. The molecule has 2 aromatic rings. The molecule has 10 rings (SSSR count). The lowest BCUT2D eigenvalue weighted by atomic mass is 9.50. The molecule has 1 aromatic carbocycles. The molecule has 5 heterocycles. The van der Waals surface area contributed by atoms with Gasteiger partial charge in [0.1, 0.15) is 23.9 Å². The van der Waals surface area contributed by atoms with Crippen LogP contribution in [0.3, 0.4) is 0 Å². The smallest absolute Gasteiger partial charge is 0.306 e. The largest absolute Gasteiger partial charge is 0.485 e. The van der Waals surface area contributed by atoms with Gasteiger partial charge in [0.25, 0.3) is 0 Å². The van der Waals surface area contributed by atoms with E-state index in [1.165, 1.54) is 25.7 Å². The average molecular weight is 992 g/mol. The topological polar surface area (TPSA) is 201 Å². The standard InChI is InChI=1S/C49H69NO12S4/c1-3-58-38(54)13-9-29-20-30-14-18-59-40(30)42-41(29)61-44-49(57)39-31(7-10-35(52)34(39)23-51)21-47(56,43(49)55)48(62-44)27-65-66-46-22-33(45(26-46)15-4-5-16-45)25-64-63-24-32(8-12-37(48)53)28(2)6-11-36(46)50-17-19-60-42/h7,10,14,18,20,28,31-37,39,43-44,50-53,55-57H,3-6,8-9,11-13,15-17,19,21-27H2,1-2H3. The molecule has 366 valence electrons. The average Bonchev–Trinajstić information content (AvgIpc) is 4.05. The van der Waals surface area contributed by atoms with Crippen LogP contribution in [0.25, 0.3) is 11.0 Å². The van der Waals surface area contributed by atoms with Crippen LogP contribution in [-0.2, 0) is 20.7 Å². The molecule has 4 aliphatic heterocycles. The van der Waals surface area contributed by atoms with Gasteiger partial charge in [-0.05, 0) is 118 Å². The first-order valence-corrected chi connectivity index (χ1v) is 29.3. The summed E-state index contributed by atoms with van der Waals surface area (Å²) in [6.45, 7) is 4.53. The van der Waals surface area contributed by atoms with Gasteiger partial charge in [-0.15, -0.1) is 0 Å². The molecule has 17 heteroatoms. The van der Waals surface area contributed by atoms with Gasteiger partial charge in [-0.2, -0.15) is 0 Å². The fraction of sp³-hybridized carbons (Fsp3) is 0.776. The number of hydrogen-bond acceptors (Lipinski definition) is 17. The molecule has 1 aromatic heterocycles. The van der Waals surface area contributed by atoms with Gasteiger partial charge in [0, 0.05) is 64.8 Å². The Morgan fingerprint density at radius 3 is 2.62 bits per heavy atom. The van der Waals surface area contributed by atoms with E-state index in [1.807, 2.05) is 44.5 Å². The summed E-state index contributed by atoms with van der Waals surface area (Å²) in [5.41, 5.74) is -5.42. The van der Waals surface area contributed by atoms with Crippen LogP contribution in [0.5, 0.6) is 11.5 Å². The molecule has 3 saturated heterocycles. The Balaban J connectivity index is 1.18. The second kappa shape index (κ2) is 19.0. The zero-order chi connectivity index (χ0) is 46.1. The SMILES string of the molecule is CCOC(=O)CCc1cc2ccoc2c2c1OC1OC3(CSSC45CC(CSSCC(CCC3O)C(C)CCC4NCCO2)C2(CCCC2)C5)C2(O)CC3C=CC(O)C(CO)C3C1(O)C2O. The first-order chi connectivity index (χ1) is 31.8. The van der Waals surface area contributed by atoms with Crippen molar-refractivity contribution < 1.29 is 58.8 Å². The molecule has 3 saturated carbocycles. The van der Waals surface area contributed by atoms with Crippen molar-refractivity contribution in [2.24, 2.45) is 40.9 Å². The first-order valence-electron chi connectivity index (χ1n) is 24.5. The Kier molecular flexibility index (Phi) is 13.9. The van der Waals surface area contributed by atoms with Crippen LogP contribution in [0.4, 0.5) is 0 Å². The number of rotatable bonds is 5. The molecular formula is C49H69NO12S4. The lowest BCUT2D eigenvalue weighted by Crippen LogP contribution is -2.86. The van der Waals surface area contributed by atoms with Gasteiger partial charge in [-0.3, -0.25) is 4.79 Å². The second-order valence-electron chi connectivity index (χ2n) is 21.0. The van der Waals surface area contributed by atoms with Crippen molar-refractivity contribution in [3.8, 4) is 11.5 Å². The second-order valence-corrected chi connectivity index (χ2v) is 26.3. The Morgan fingerprint density at radius 1 is 1.00 bits per heavy atom. The van der Waals surface area contributed by atoms with Crippen LogP contribution in [0.2, 0.25) is 0 Å². The zero-order valence-corrected chi connectivity index (χ0v) is 41.4. The number of allylic oxidation sites excluding steroid dienone is 1. The van der Waals surface area contributed by atoms with E-state index in [0.29, 0.717) is 41.3 Å². The molecule has 66 heavy (non-hydrogen) atoms. The van der Waals surface area contributed by atoms with Gasteiger partial charge in [0.2, 0.25) is 12.0 Å². The molecule has 3 spiro atoms. The zero-order valence-electron chi connectivity index (χ0n) is 38.1. The molecule has 4 aliphatic carbocycles. The van der Waals surface area contributed by atoms with Crippen molar-refractivity contribution in [3.63, 3.8) is 0 Å². The van der Waals surface area contributed by atoms with Crippen LogP contribution in [0.1, 0.15) is 96.5 Å². The van der Waals surface area contributed by atoms with E-state index in [9.17, 15) is 35.4 Å². The molecule has 7 N–H and O–H groups in total. The summed E-state index contributed by atoms with van der Waals surface area (Å²) in [4.78, 5) is 12.9. The number of aliphatic hydroxyl groups is 6. The summed E-state index contributed by atoms with van der Waals surface area (Å²) in [6.07, 6.45) is 8.62. The Hall–Kier alpha value is -1.35. The molecule has 6 fully saturated rings. The predicted molar refractivity (Wildman–Crippen MR) is 258 cm³/mol. The predicted octanol–water partition coefficient (Wildman–Crippen LogP) is 6.42. The van der Waals surface area contributed by atoms with Gasteiger partial charge >= 0.3 is 5.97 Å². The molecular weight excluding hydrogens is 923 g/mol. The van der Waals surface area contributed by atoms with E-state index in [2.05, 4.69) is 12.2 Å². The third-order valence-corrected chi connectivity index (χ3v) is 23.5. The molecule has 0 amide bonds. The highest BCUT2D eigenvalue weighted by atomic mass is 33.1. The fourth-order valence-corrected chi connectivity index (χ4v) is 21.3. The Bertz CT molecular complexity index is 2100. The van der Waals surface area contributed by atoms with Crippen molar-refractivity contribution >= 4 is 60.1 Å². The summed E-state index contributed by atoms with van der Waals surface area (Å²) in [5, 5.41) is 80.4. The van der Waals surface area contributed by atoms with E-state index >= 15 is 0 Å². The number of carbonyl (C=O) groups excluding carboxylic acids is 1. The number of esters is 1. The minimum absolute atomic E-state index is 0.000137. The van der Waals surface area contributed by atoms with Gasteiger partial charge in [0.05, 0.1) is 25.1 Å². The van der Waals surface area contributed by atoms with E-state index < -0.39 is 71.7 Å². The summed E-state index contributed by atoms with van der Waals surface area (Å²) in [6, 6.07) is 3.77. The van der Waals surface area contributed by atoms with Crippen molar-refractivity contribution in [2.75, 3.05) is 43.6 Å². The highest BCUT2D eigenvalue weighted by molar-refractivity contribution is 8.77. The molecule has 15 unspecified atom stereocenters. The van der Waals surface area contributed by atoms with Crippen molar-refractivity contribution in [1.29, 1.82) is 0 Å². The summed E-state index contributed by atoms with van der Waals surface area (Å²) in [7, 11) is 7.44. The quantitative estimate of drug-likeness (QED) is 0.0982. The Morgan fingerprint density at radius 2 is 1.82 bits per heavy atom. The molecule has 8 bridgehead atoms. The summed E-state index contributed by atoms with van der Waals surface area (Å²) in [5.74, 6) is 0.495. The van der Waals surface area contributed by atoms with Crippen molar-refractivity contribution in [1.82, 2.24) is 5.32 Å². The third-order valence-electron chi connectivity index (χ3n) is 17.7. The van der Waals surface area contributed by atoms with Crippen LogP contribution < -0.4 is 14.8 Å². The summed E-state index contributed by atoms with van der Waals surface area (Å²) < 4.78 is 32.5. The minimum atomic E-state index is -2.45. The van der Waals surface area contributed by atoms with Crippen LogP contribution in [0, 0.1) is 40.9 Å². The van der Waals surface area contributed by atoms with Crippen LogP contribution >= 0.6 is 43.2 Å². The monoisotopic (exact) mass is 991 g/mol. The lowest BCUT2D eigenvalue weighted by Gasteiger charge is -2.67. The van der Waals surface area contributed by atoms with E-state index in [1.54, 1.807) is 36.1 Å². The van der Waals surface area contributed by atoms with E-state index in [0.717, 1.165) is 37.2 Å². The number of ether oxygens (including phenoxy) is 4. The normalized spacial score (nSPS) is 43.4. The first kappa shape index (κ1) is 48.3. The van der Waals surface area contributed by atoms with Crippen molar-refractivity contribution in [3.05, 3.63) is 36.1 Å². The van der Waals surface area contributed by atoms with Gasteiger partial charge in [-0.25, -0.2) is 0 Å².